The van der Waals surface area contributed by atoms with Crippen LogP contribution >= 0.6 is 11.3 Å². The second-order valence-corrected chi connectivity index (χ2v) is 8.88. The number of ether oxygens (including phenoxy) is 2. The van der Waals surface area contributed by atoms with Crippen molar-refractivity contribution in [1.29, 1.82) is 0 Å². The first-order valence-corrected chi connectivity index (χ1v) is 11.9. The molecule has 0 saturated carbocycles. The molecular weight excluding hydrogens is 436 g/mol. The Kier molecular flexibility index (Phi) is 6.66. The van der Waals surface area contributed by atoms with E-state index in [4.69, 9.17) is 9.47 Å². The topological polar surface area (TPSA) is 68.1 Å². The van der Waals surface area contributed by atoms with Crippen LogP contribution in [-0.2, 0) is 11.3 Å². The van der Waals surface area contributed by atoms with Crippen LogP contribution in [0.1, 0.15) is 27.0 Å². The molecule has 7 nitrogen and oxygen atoms in total. The van der Waals surface area contributed by atoms with E-state index in [1.54, 1.807) is 23.5 Å². The van der Waals surface area contributed by atoms with Gasteiger partial charge in [-0.1, -0.05) is 12.1 Å². The van der Waals surface area contributed by atoms with Crippen molar-refractivity contribution >= 4 is 22.9 Å². The number of carbonyl (C=O) groups is 1. The molecule has 4 heterocycles. The Hall–Kier alpha value is -3.20. The summed E-state index contributed by atoms with van der Waals surface area (Å²) < 4.78 is 13.3. The fourth-order valence-electron chi connectivity index (χ4n) is 3.99. The number of thiophene rings is 1. The van der Waals surface area contributed by atoms with Crippen molar-refractivity contribution in [3.05, 3.63) is 88.5 Å². The summed E-state index contributed by atoms with van der Waals surface area (Å²) in [7, 11) is 0. The molecule has 4 aromatic rings. The van der Waals surface area contributed by atoms with Gasteiger partial charge in [-0.2, -0.15) is 0 Å². The van der Waals surface area contributed by atoms with Crippen LogP contribution in [-0.4, -0.2) is 53.0 Å². The van der Waals surface area contributed by atoms with Crippen molar-refractivity contribution in [3.63, 3.8) is 0 Å². The average molecular weight is 463 g/mol. The lowest BCUT2D eigenvalue weighted by atomic mass is 10.1. The van der Waals surface area contributed by atoms with Crippen molar-refractivity contribution < 1.29 is 14.3 Å². The van der Waals surface area contributed by atoms with Gasteiger partial charge in [-0.25, -0.2) is 4.98 Å². The standard InChI is InChI=1S/C25H26N4O3S/c30-25(26-16-22(23-4-3-15-33-23)28-11-13-31-14-12-28)19-6-8-21(9-7-19)32-18-20-17-29-10-2-1-5-24(29)27-20/h1-10,15,17,22H,11-14,16,18H2,(H,26,30)/t22-/m0/s1. The smallest absolute Gasteiger partial charge is 0.251 e. The molecule has 0 spiro atoms. The predicted molar refractivity (Wildman–Crippen MR) is 128 cm³/mol. The molecule has 1 atom stereocenters. The molecule has 5 rings (SSSR count). The fourth-order valence-corrected chi connectivity index (χ4v) is 4.85. The molecule has 1 aliphatic heterocycles. The van der Waals surface area contributed by atoms with Crippen molar-refractivity contribution in [1.82, 2.24) is 19.6 Å². The quantitative estimate of drug-likeness (QED) is 0.432. The van der Waals surface area contributed by atoms with E-state index in [-0.39, 0.29) is 11.9 Å². The molecule has 1 aliphatic rings. The molecule has 8 heteroatoms. The van der Waals surface area contributed by atoms with E-state index in [9.17, 15) is 4.79 Å². The summed E-state index contributed by atoms with van der Waals surface area (Å²) in [5.74, 6) is 0.616. The van der Waals surface area contributed by atoms with Gasteiger partial charge in [0.15, 0.2) is 0 Å². The fraction of sp³-hybridized carbons (Fsp3) is 0.280. The number of imidazole rings is 1. The van der Waals surface area contributed by atoms with Gasteiger partial charge in [-0.3, -0.25) is 9.69 Å². The zero-order valence-electron chi connectivity index (χ0n) is 18.2. The van der Waals surface area contributed by atoms with E-state index in [0.717, 1.165) is 37.6 Å². The summed E-state index contributed by atoms with van der Waals surface area (Å²) in [5.41, 5.74) is 2.36. The van der Waals surface area contributed by atoms with Crippen LogP contribution in [0.5, 0.6) is 5.75 Å². The van der Waals surface area contributed by atoms with Gasteiger partial charge in [0, 0.05) is 42.5 Å². The van der Waals surface area contributed by atoms with Crippen LogP contribution in [0.3, 0.4) is 0 Å². The molecule has 0 unspecified atom stereocenters. The summed E-state index contributed by atoms with van der Waals surface area (Å²) in [5, 5.41) is 5.19. The van der Waals surface area contributed by atoms with Gasteiger partial charge in [-0.05, 0) is 47.8 Å². The minimum atomic E-state index is -0.0864. The highest BCUT2D eigenvalue weighted by Crippen LogP contribution is 2.25. The Bertz CT molecular complexity index is 1150. The summed E-state index contributed by atoms with van der Waals surface area (Å²) in [6.45, 7) is 4.13. The second-order valence-electron chi connectivity index (χ2n) is 7.90. The number of aromatic nitrogens is 2. The zero-order chi connectivity index (χ0) is 22.5. The highest BCUT2D eigenvalue weighted by atomic mass is 32.1. The lowest BCUT2D eigenvalue weighted by Gasteiger charge is -2.34. The van der Waals surface area contributed by atoms with Gasteiger partial charge in [-0.15, -0.1) is 11.3 Å². The van der Waals surface area contributed by atoms with Gasteiger partial charge in [0.25, 0.3) is 5.91 Å². The van der Waals surface area contributed by atoms with Gasteiger partial charge in [0.1, 0.15) is 18.0 Å². The number of amides is 1. The molecule has 1 aromatic carbocycles. The molecular formula is C25H26N4O3S. The van der Waals surface area contributed by atoms with E-state index in [1.807, 2.05) is 47.1 Å². The third-order valence-corrected chi connectivity index (χ3v) is 6.70. The molecule has 0 radical (unpaired) electrons. The van der Waals surface area contributed by atoms with Crippen LogP contribution < -0.4 is 10.1 Å². The first-order chi connectivity index (χ1) is 16.3. The third-order valence-electron chi connectivity index (χ3n) is 5.73. The normalized spacial score (nSPS) is 15.4. The number of benzene rings is 1. The maximum atomic E-state index is 12.8. The van der Waals surface area contributed by atoms with Crippen LogP contribution in [0.2, 0.25) is 0 Å². The summed E-state index contributed by atoms with van der Waals surface area (Å²) >= 11 is 1.72. The van der Waals surface area contributed by atoms with E-state index in [0.29, 0.717) is 24.5 Å². The number of pyridine rings is 1. The molecule has 1 N–H and O–H groups in total. The van der Waals surface area contributed by atoms with Crippen LogP contribution in [0.15, 0.2) is 72.4 Å². The number of morpholine rings is 1. The number of hydrogen-bond acceptors (Lipinski definition) is 6. The van der Waals surface area contributed by atoms with Gasteiger partial charge < -0.3 is 19.2 Å². The van der Waals surface area contributed by atoms with E-state index < -0.39 is 0 Å². The second kappa shape index (κ2) is 10.2. The number of rotatable bonds is 8. The van der Waals surface area contributed by atoms with Crippen molar-refractivity contribution in [3.8, 4) is 5.75 Å². The Morgan fingerprint density at radius 3 is 2.73 bits per heavy atom. The molecule has 0 aliphatic carbocycles. The molecule has 170 valence electrons. The highest BCUT2D eigenvalue weighted by molar-refractivity contribution is 7.10. The number of fused-ring (bicyclic) bond motifs is 1. The van der Waals surface area contributed by atoms with Gasteiger partial charge in [0.05, 0.1) is 24.9 Å². The predicted octanol–water partition coefficient (Wildman–Crippen LogP) is 3.78. The third kappa shape index (κ3) is 5.24. The van der Waals surface area contributed by atoms with Crippen molar-refractivity contribution in [2.45, 2.75) is 12.6 Å². The lowest BCUT2D eigenvalue weighted by molar-refractivity contribution is 0.0169. The SMILES string of the molecule is O=C(NC[C@@H](c1cccs1)N1CCOCC1)c1ccc(OCc2cn3ccccc3n2)cc1. The Morgan fingerprint density at radius 1 is 1.12 bits per heavy atom. The van der Waals surface area contributed by atoms with Gasteiger partial charge >= 0.3 is 0 Å². The lowest BCUT2D eigenvalue weighted by Crippen LogP contribution is -2.43. The average Bonchev–Trinajstić information content (AvgIpc) is 3.54. The van der Waals surface area contributed by atoms with Crippen LogP contribution in [0.25, 0.3) is 5.65 Å². The molecule has 1 amide bonds. The Balaban J connectivity index is 1.17. The molecule has 1 fully saturated rings. The highest BCUT2D eigenvalue weighted by Gasteiger charge is 2.24. The minimum Gasteiger partial charge on any atom is -0.487 e. The number of hydrogen-bond donors (Lipinski definition) is 1. The van der Waals surface area contributed by atoms with Crippen LogP contribution in [0, 0.1) is 0 Å². The van der Waals surface area contributed by atoms with Crippen molar-refractivity contribution in [2.24, 2.45) is 0 Å². The van der Waals surface area contributed by atoms with Gasteiger partial charge in [0.2, 0.25) is 0 Å². The zero-order valence-corrected chi connectivity index (χ0v) is 19.0. The van der Waals surface area contributed by atoms with E-state index in [2.05, 4.69) is 32.7 Å². The summed E-state index contributed by atoms with van der Waals surface area (Å²) in [4.78, 5) is 21.0. The van der Waals surface area contributed by atoms with Crippen LogP contribution in [0.4, 0.5) is 0 Å². The molecule has 33 heavy (non-hydrogen) atoms. The number of carbonyl (C=O) groups excluding carboxylic acids is 1. The number of nitrogens with zero attached hydrogens (tertiary/aromatic N) is 3. The van der Waals surface area contributed by atoms with Crippen molar-refractivity contribution in [2.75, 3.05) is 32.8 Å². The monoisotopic (exact) mass is 462 g/mol. The van der Waals surface area contributed by atoms with E-state index >= 15 is 0 Å². The maximum Gasteiger partial charge on any atom is 0.251 e. The first-order valence-electron chi connectivity index (χ1n) is 11.1. The largest absolute Gasteiger partial charge is 0.487 e. The van der Waals surface area contributed by atoms with E-state index in [1.165, 1.54) is 4.88 Å². The molecule has 1 saturated heterocycles. The first kappa shape index (κ1) is 21.6. The summed E-state index contributed by atoms with van der Waals surface area (Å²) in [6, 6.07) is 17.5. The molecule has 3 aromatic heterocycles. The summed E-state index contributed by atoms with van der Waals surface area (Å²) in [6.07, 6.45) is 3.91. The molecule has 0 bridgehead atoms. The Labute approximate surface area is 196 Å². The Morgan fingerprint density at radius 2 is 1.97 bits per heavy atom. The number of nitrogens with one attached hydrogen (secondary N) is 1. The maximum absolute atomic E-state index is 12.8. The minimum absolute atomic E-state index is 0.0864.